The molecule has 0 bridgehead atoms. The average molecular weight is 259 g/mol. The monoisotopic (exact) mass is 259 g/mol. The average Bonchev–Trinajstić information content (AvgIpc) is 2.80. The van der Waals surface area contributed by atoms with E-state index in [1.807, 2.05) is 19.1 Å². The molecule has 1 aromatic carbocycles. The van der Waals surface area contributed by atoms with E-state index in [9.17, 15) is 4.79 Å². The van der Waals surface area contributed by atoms with Crippen LogP contribution >= 0.6 is 0 Å². The molecule has 19 heavy (non-hydrogen) atoms. The van der Waals surface area contributed by atoms with E-state index in [1.54, 1.807) is 0 Å². The van der Waals surface area contributed by atoms with Crippen molar-refractivity contribution in [1.29, 1.82) is 0 Å². The van der Waals surface area contributed by atoms with Crippen LogP contribution in [0, 0.1) is 6.92 Å². The van der Waals surface area contributed by atoms with Crippen LogP contribution in [0.25, 0.3) is 0 Å². The molecule has 0 unspecified atom stereocenters. The third-order valence-corrected chi connectivity index (χ3v) is 3.35. The summed E-state index contributed by atoms with van der Waals surface area (Å²) in [6.07, 6.45) is 0.274. The van der Waals surface area contributed by atoms with Gasteiger partial charge in [0.15, 0.2) is 11.7 Å². The Hall–Kier alpha value is -1.64. The highest BCUT2D eigenvalue weighted by Gasteiger charge is 2.19. The van der Waals surface area contributed by atoms with E-state index in [2.05, 4.69) is 31.8 Å². The number of hydrogen-bond acceptors (Lipinski definition) is 3. The number of nitrogens with zero attached hydrogens (tertiary/aromatic N) is 1. The van der Waals surface area contributed by atoms with E-state index in [-0.39, 0.29) is 17.6 Å². The zero-order chi connectivity index (χ0) is 14.0. The molecule has 2 rings (SSSR count). The molecule has 0 saturated carbocycles. The molecule has 0 aromatic heterocycles. The van der Waals surface area contributed by atoms with Gasteiger partial charge in [-0.15, -0.1) is 0 Å². The Balaban J connectivity index is 2.18. The van der Waals surface area contributed by atoms with Crippen molar-refractivity contribution in [1.82, 2.24) is 0 Å². The van der Waals surface area contributed by atoms with E-state index in [0.717, 1.165) is 11.1 Å². The van der Waals surface area contributed by atoms with Crippen LogP contribution in [0.4, 0.5) is 0 Å². The van der Waals surface area contributed by atoms with Crippen molar-refractivity contribution in [3.05, 3.63) is 34.9 Å². The van der Waals surface area contributed by atoms with Crippen molar-refractivity contribution in [3.8, 4) is 0 Å². The number of hydrogen-bond donors (Lipinski definition) is 0. The Labute approximate surface area is 114 Å². The van der Waals surface area contributed by atoms with Crippen LogP contribution in [-0.2, 0) is 10.2 Å². The summed E-state index contributed by atoms with van der Waals surface area (Å²) in [4.78, 5) is 16.4. The molecule has 0 aliphatic carbocycles. The first-order valence-electron chi connectivity index (χ1n) is 6.68. The van der Waals surface area contributed by atoms with Gasteiger partial charge in [-0.05, 0) is 23.5 Å². The molecule has 0 radical (unpaired) electrons. The zero-order valence-corrected chi connectivity index (χ0v) is 12.1. The first-order valence-corrected chi connectivity index (χ1v) is 6.68. The molecule has 3 heteroatoms. The van der Waals surface area contributed by atoms with Gasteiger partial charge in [-0.25, -0.2) is 0 Å². The standard InChI is InChI=1S/C16H21NO2/c1-11-9-12(16(2,3)4)5-6-13(11)14(18)10-15-17-7-8-19-15/h5-6,9H,7-8,10H2,1-4H3. The molecular formula is C16H21NO2. The molecule has 1 aliphatic rings. The highest BCUT2D eigenvalue weighted by Crippen LogP contribution is 2.25. The van der Waals surface area contributed by atoms with Gasteiger partial charge < -0.3 is 4.74 Å². The maximum atomic E-state index is 12.2. The summed E-state index contributed by atoms with van der Waals surface area (Å²) in [5, 5.41) is 0. The Morgan fingerprint density at radius 3 is 2.63 bits per heavy atom. The summed E-state index contributed by atoms with van der Waals surface area (Å²) in [6, 6.07) is 6.07. The lowest BCUT2D eigenvalue weighted by molar-refractivity contribution is 0.0994. The fourth-order valence-electron chi connectivity index (χ4n) is 2.16. The van der Waals surface area contributed by atoms with Gasteiger partial charge in [0, 0.05) is 5.56 Å². The number of ketones is 1. The molecule has 102 valence electrons. The number of ether oxygens (including phenoxy) is 1. The minimum absolute atomic E-state index is 0.0820. The fraction of sp³-hybridized carbons (Fsp3) is 0.500. The summed E-state index contributed by atoms with van der Waals surface area (Å²) >= 11 is 0. The quantitative estimate of drug-likeness (QED) is 0.781. The van der Waals surface area contributed by atoms with E-state index in [4.69, 9.17) is 4.74 Å². The van der Waals surface area contributed by atoms with Crippen LogP contribution in [0.1, 0.15) is 48.7 Å². The van der Waals surface area contributed by atoms with Gasteiger partial charge in [0.1, 0.15) is 6.61 Å². The minimum atomic E-state index is 0.0820. The number of aliphatic imine (C=N–C) groups is 1. The highest BCUT2D eigenvalue weighted by molar-refractivity contribution is 6.08. The largest absolute Gasteiger partial charge is 0.479 e. The van der Waals surface area contributed by atoms with E-state index in [0.29, 0.717) is 19.0 Å². The van der Waals surface area contributed by atoms with Crippen molar-refractivity contribution in [2.75, 3.05) is 13.2 Å². The Morgan fingerprint density at radius 2 is 2.11 bits per heavy atom. The van der Waals surface area contributed by atoms with Gasteiger partial charge in [-0.3, -0.25) is 9.79 Å². The highest BCUT2D eigenvalue weighted by atomic mass is 16.5. The van der Waals surface area contributed by atoms with Crippen LogP contribution in [0.5, 0.6) is 0 Å². The lowest BCUT2D eigenvalue weighted by Crippen LogP contribution is -2.14. The summed E-state index contributed by atoms with van der Waals surface area (Å²) in [6.45, 7) is 9.77. The van der Waals surface area contributed by atoms with Crippen LogP contribution in [0.15, 0.2) is 23.2 Å². The molecule has 0 fully saturated rings. The van der Waals surface area contributed by atoms with Crippen molar-refractivity contribution in [2.24, 2.45) is 4.99 Å². The molecule has 3 nitrogen and oxygen atoms in total. The molecule has 0 amide bonds. The maximum absolute atomic E-state index is 12.2. The molecule has 0 spiro atoms. The minimum Gasteiger partial charge on any atom is -0.479 e. The van der Waals surface area contributed by atoms with E-state index < -0.39 is 0 Å². The first kappa shape index (κ1) is 13.8. The van der Waals surface area contributed by atoms with E-state index in [1.165, 1.54) is 5.56 Å². The summed E-state index contributed by atoms with van der Waals surface area (Å²) in [5.74, 6) is 0.655. The molecule has 1 heterocycles. The third-order valence-electron chi connectivity index (χ3n) is 3.35. The maximum Gasteiger partial charge on any atom is 0.191 e. The Kier molecular flexibility index (Phi) is 3.74. The number of carbonyl (C=O) groups excluding carboxylic acids is 1. The summed E-state index contributed by atoms with van der Waals surface area (Å²) in [5.41, 5.74) is 3.14. The number of aryl methyl sites for hydroxylation is 1. The second kappa shape index (κ2) is 5.16. The number of rotatable bonds is 3. The topological polar surface area (TPSA) is 38.7 Å². The van der Waals surface area contributed by atoms with Gasteiger partial charge in [0.05, 0.1) is 13.0 Å². The van der Waals surface area contributed by atoms with Crippen molar-refractivity contribution in [3.63, 3.8) is 0 Å². The van der Waals surface area contributed by atoms with Crippen LogP contribution in [0.3, 0.4) is 0 Å². The third kappa shape index (κ3) is 3.22. The van der Waals surface area contributed by atoms with Crippen molar-refractivity contribution < 1.29 is 9.53 Å². The predicted octanol–water partition coefficient (Wildman–Crippen LogP) is 3.29. The zero-order valence-electron chi connectivity index (χ0n) is 12.1. The summed E-state index contributed by atoms with van der Waals surface area (Å²) in [7, 11) is 0. The second-order valence-corrected chi connectivity index (χ2v) is 6.00. The molecule has 0 atom stereocenters. The van der Waals surface area contributed by atoms with Gasteiger partial charge in [0.2, 0.25) is 0 Å². The first-order chi connectivity index (χ1) is 8.88. The smallest absolute Gasteiger partial charge is 0.191 e. The normalized spacial score (nSPS) is 15.1. The van der Waals surface area contributed by atoms with Gasteiger partial charge in [-0.2, -0.15) is 0 Å². The lowest BCUT2D eigenvalue weighted by atomic mass is 9.85. The van der Waals surface area contributed by atoms with Crippen LogP contribution in [-0.4, -0.2) is 24.8 Å². The molecule has 1 aliphatic heterocycles. The molecule has 1 aromatic rings. The SMILES string of the molecule is Cc1cc(C(C)(C)C)ccc1C(=O)CC1=NCCO1. The van der Waals surface area contributed by atoms with Crippen LogP contribution in [0.2, 0.25) is 0 Å². The molecule has 0 saturated heterocycles. The number of benzene rings is 1. The Morgan fingerprint density at radius 1 is 1.37 bits per heavy atom. The van der Waals surface area contributed by atoms with E-state index >= 15 is 0 Å². The second-order valence-electron chi connectivity index (χ2n) is 6.00. The Bertz CT molecular complexity index is 524. The van der Waals surface area contributed by atoms with Gasteiger partial charge in [0.25, 0.3) is 0 Å². The number of carbonyl (C=O) groups is 1. The molecular weight excluding hydrogens is 238 g/mol. The summed E-state index contributed by atoms with van der Waals surface area (Å²) < 4.78 is 5.29. The van der Waals surface area contributed by atoms with Crippen molar-refractivity contribution in [2.45, 2.75) is 39.5 Å². The van der Waals surface area contributed by atoms with Gasteiger partial charge in [-0.1, -0.05) is 39.0 Å². The fourth-order valence-corrected chi connectivity index (χ4v) is 2.16. The molecule has 0 N–H and O–H groups in total. The predicted molar refractivity (Wildman–Crippen MR) is 77.1 cm³/mol. The lowest BCUT2D eigenvalue weighted by Gasteiger charge is -2.20. The van der Waals surface area contributed by atoms with Crippen molar-refractivity contribution >= 4 is 11.7 Å². The number of Topliss-reactive ketones (excluding diaryl/α,β-unsaturated/α-hetero) is 1. The van der Waals surface area contributed by atoms with Crippen LogP contribution < -0.4 is 0 Å². The van der Waals surface area contributed by atoms with Gasteiger partial charge >= 0.3 is 0 Å².